The summed E-state index contributed by atoms with van der Waals surface area (Å²) in [5, 5.41) is 9.02. The molecule has 1 N–H and O–H groups in total. The molecule has 1 aromatic carbocycles. The molecule has 0 amide bonds. The van der Waals surface area contributed by atoms with Gasteiger partial charge in [-0.25, -0.2) is 4.79 Å². The van der Waals surface area contributed by atoms with E-state index < -0.39 is 5.97 Å². The second-order valence-electron chi connectivity index (χ2n) is 6.51. The first-order valence-electron chi connectivity index (χ1n) is 7.56. The molecule has 0 saturated carbocycles. The summed E-state index contributed by atoms with van der Waals surface area (Å²) in [6, 6.07) is 6.69. The normalized spacial score (nSPS) is 16.7. The summed E-state index contributed by atoms with van der Waals surface area (Å²) in [6.45, 7) is 10.8. The Morgan fingerprint density at radius 3 is 2.73 bits per heavy atom. The van der Waals surface area contributed by atoms with Gasteiger partial charge in [-0.05, 0) is 55.4 Å². The number of carboxylic acid groups (broad SMARTS) is 1. The number of hydrogen-bond acceptors (Lipinski definition) is 1. The van der Waals surface area contributed by atoms with Gasteiger partial charge in [-0.2, -0.15) is 0 Å². The van der Waals surface area contributed by atoms with Gasteiger partial charge in [-0.15, -0.1) is 0 Å². The fraction of sp³-hybridized carbons (Fsp3) is 0.350. The van der Waals surface area contributed by atoms with Crippen LogP contribution in [0.25, 0.3) is 0 Å². The summed E-state index contributed by atoms with van der Waals surface area (Å²) < 4.78 is 0. The van der Waals surface area contributed by atoms with Crippen LogP contribution in [-0.2, 0) is 0 Å². The lowest BCUT2D eigenvalue weighted by molar-refractivity contribution is 0.0697. The molecule has 2 rings (SSSR count). The van der Waals surface area contributed by atoms with E-state index in [1.54, 1.807) is 18.2 Å². The number of aromatic carboxylic acids is 1. The molecule has 0 atom stereocenters. The first-order chi connectivity index (χ1) is 10.3. The summed E-state index contributed by atoms with van der Waals surface area (Å²) in [5.74, 6) is 5.24. The van der Waals surface area contributed by atoms with Crippen LogP contribution in [-0.4, -0.2) is 11.1 Å². The Morgan fingerprint density at radius 1 is 1.36 bits per heavy atom. The Labute approximate surface area is 132 Å². The highest BCUT2D eigenvalue weighted by atomic mass is 16.4. The van der Waals surface area contributed by atoms with E-state index in [-0.39, 0.29) is 11.0 Å². The summed E-state index contributed by atoms with van der Waals surface area (Å²) in [7, 11) is 0. The Kier molecular flexibility index (Phi) is 4.56. The van der Waals surface area contributed by atoms with Crippen molar-refractivity contribution in [2.45, 2.75) is 40.0 Å². The largest absolute Gasteiger partial charge is 0.478 e. The second kappa shape index (κ2) is 6.23. The molecule has 0 spiro atoms. The molecule has 0 aromatic heterocycles. The van der Waals surface area contributed by atoms with Crippen molar-refractivity contribution in [3.63, 3.8) is 0 Å². The number of carboxylic acids is 1. The molecule has 1 aliphatic rings. The van der Waals surface area contributed by atoms with Crippen molar-refractivity contribution in [3.05, 3.63) is 58.7 Å². The molecule has 114 valence electrons. The van der Waals surface area contributed by atoms with Crippen LogP contribution in [0.3, 0.4) is 0 Å². The van der Waals surface area contributed by atoms with Crippen molar-refractivity contribution in [2.24, 2.45) is 5.41 Å². The first-order valence-corrected chi connectivity index (χ1v) is 7.56. The van der Waals surface area contributed by atoms with Crippen LogP contribution in [0.15, 0.2) is 47.6 Å². The molecule has 0 radical (unpaired) electrons. The smallest absolute Gasteiger partial charge is 0.335 e. The molecule has 2 nitrogen and oxygen atoms in total. The molecule has 0 saturated heterocycles. The first kappa shape index (κ1) is 16.1. The number of benzene rings is 1. The quantitative estimate of drug-likeness (QED) is 0.794. The van der Waals surface area contributed by atoms with Crippen LogP contribution in [0, 0.1) is 17.3 Å². The number of allylic oxidation sites excluding steroid dienone is 3. The molecule has 1 aliphatic carbocycles. The molecular weight excluding hydrogens is 272 g/mol. The molecule has 0 fully saturated rings. The van der Waals surface area contributed by atoms with Crippen molar-refractivity contribution in [1.29, 1.82) is 0 Å². The number of rotatable bonds is 2. The summed E-state index contributed by atoms with van der Waals surface area (Å²) in [5.41, 5.74) is 4.55. The van der Waals surface area contributed by atoms with Gasteiger partial charge >= 0.3 is 5.97 Å². The summed E-state index contributed by atoms with van der Waals surface area (Å²) in [4.78, 5) is 11.0. The van der Waals surface area contributed by atoms with Gasteiger partial charge in [0.15, 0.2) is 0 Å². The zero-order valence-electron chi connectivity index (χ0n) is 13.5. The maximum atomic E-state index is 11.0. The van der Waals surface area contributed by atoms with Gasteiger partial charge in [-0.3, -0.25) is 0 Å². The maximum absolute atomic E-state index is 11.0. The minimum Gasteiger partial charge on any atom is -0.478 e. The van der Waals surface area contributed by atoms with Crippen LogP contribution in [0.2, 0.25) is 0 Å². The Morgan fingerprint density at radius 2 is 2.09 bits per heavy atom. The third-order valence-corrected chi connectivity index (χ3v) is 4.23. The Balaban J connectivity index is 2.30. The Bertz CT molecular complexity index is 709. The highest BCUT2D eigenvalue weighted by Crippen LogP contribution is 2.43. The van der Waals surface area contributed by atoms with Gasteiger partial charge in [0.05, 0.1) is 5.56 Å². The van der Waals surface area contributed by atoms with E-state index in [0.29, 0.717) is 5.56 Å². The third-order valence-electron chi connectivity index (χ3n) is 4.23. The molecule has 1 aromatic rings. The van der Waals surface area contributed by atoms with E-state index in [9.17, 15) is 4.79 Å². The fourth-order valence-electron chi connectivity index (χ4n) is 3.23. The van der Waals surface area contributed by atoms with Crippen LogP contribution in [0.1, 0.15) is 56.0 Å². The standard InChI is InChI=1S/C20H22O2/c1-14-7-6-12-20(3,4)18(14)15(2)10-11-16-8-5-9-17(13-16)19(21)22/h5,8-9,13H,2,6-7,12H2,1,3-4H3,(H,21,22). The molecule has 0 aliphatic heterocycles. The molecule has 0 bridgehead atoms. The lowest BCUT2D eigenvalue weighted by Crippen LogP contribution is -2.21. The predicted molar refractivity (Wildman–Crippen MR) is 89.8 cm³/mol. The van der Waals surface area contributed by atoms with Gasteiger partial charge in [0.1, 0.15) is 0 Å². The summed E-state index contributed by atoms with van der Waals surface area (Å²) >= 11 is 0. The summed E-state index contributed by atoms with van der Waals surface area (Å²) in [6.07, 6.45) is 3.46. The van der Waals surface area contributed by atoms with Crippen LogP contribution >= 0.6 is 0 Å². The minimum absolute atomic E-state index is 0.108. The second-order valence-corrected chi connectivity index (χ2v) is 6.51. The molecule has 0 unspecified atom stereocenters. The average Bonchev–Trinajstić information content (AvgIpc) is 2.44. The van der Waals surface area contributed by atoms with Crippen molar-refractivity contribution < 1.29 is 9.90 Å². The van der Waals surface area contributed by atoms with Crippen molar-refractivity contribution >= 4 is 5.97 Å². The van der Waals surface area contributed by atoms with E-state index in [4.69, 9.17) is 5.11 Å². The minimum atomic E-state index is -0.936. The van der Waals surface area contributed by atoms with E-state index >= 15 is 0 Å². The van der Waals surface area contributed by atoms with E-state index in [2.05, 4.69) is 39.2 Å². The van der Waals surface area contributed by atoms with Gasteiger partial charge in [-0.1, -0.05) is 43.9 Å². The zero-order valence-corrected chi connectivity index (χ0v) is 13.5. The van der Waals surface area contributed by atoms with E-state index in [1.165, 1.54) is 17.6 Å². The van der Waals surface area contributed by atoms with Crippen LogP contribution < -0.4 is 0 Å². The molecule has 0 heterocycles. The molecular formula is C20H22O2. The topological polar surface area (TPSA) is 37.3 Å². The highest BCUT2D eigenvalue weighted by molar-refractivity contribution is 5.88. The number of carbonyl (C=O) groups is 1. The van der Waals surface area contributed by atoms with Gasteiger partial charge in [0, 0.05) is 11.1 Å². The SMILES string of the molecule is C=C(C#Cc1cccc(C(=O)O)c1)C1=C(C)CCCC1(C)C. The highest BCUT2D eigenvalue weighted by Gasteiger charge is 2.29. The van der Waals surface area contributed by atoms with Crippen LogP contribution in [0.5, 0.6) is 0 Å². The molecule has 22 heavy (non-hydrogen) atoms. The van der Waals surface area contributed by atoms with Crippen molar-refractivity contribution in [1.82, 2.24) is 0 Å². The number of hydrogen-bond donors (Lipinski definition) is 1. The maximum Gasteiger partial charge on any atom is 0.335 e. The van der Waals surface area contributed by atoms with E-state index in [1.807, 2.05) is 6.07 Å². The lowest BCUT2D eigenvalue weighted by Gasteiger charge is -2.34. The molecule has 2 heteroatoms. The van der Waals surface area contributed by atoms with E-state index in [0.717, 1.165) is 18.4 Å². The lowest BCUT2D eigenvalue weighted by atomic mass is 9.70. The fourth-order valence-corrected chi connectivity index (χ4v) is 3.23. The van der Waals surface area contributed by atoms with Gasteiger partial charge in [0.2, 0.25) is 0 Å². The van der Waals surface area contributed by atoms with Crippen molar-refractivity contribution in [2.75, 3.05) is 0 Å². The van der Waals surface area contributed by atoms with Gasteiger partial charge < -0.3 is 5.11 Å². The van der Waals surface area contributed by atoms with Crippen molar-refractivity contribution in [3.8, 4) is 11.8 Å². The Hall–Kier alpha value is -2.27. The zero-order chi connectivity index (χ0) is 16.3. The van der Waals surface area contributed by atoms with Gasteiger partial charge in [0.25, 0.3) is 0 Å². The predicted octanol–water partition coefficient (Wildman–Crippen LogP) is 4.82. The van der Waals surface area contributed by atoms with Crippen LogP contribution in [0.4, 0.5) is 0 Å². The monoisotopic (exact) mass is 294 g/mol. The third kappa shape index (κ3) is 3.49. The average molecular weight is 294 g/mol.